The summed E-state index contributed by atoms with van der Waals surface area (Å²) in [4.78, 5) is 24.1. The van der Waals surface area contributed by atoms with E-state index in [9.17, 15) is 9.59 Å². The molecule has 5 nitrogen and oxygen atoms in total. The first-order valence-corrected chi connectivity index (χ1v) is 8.02. The molecule has 2 aromatic rings. The van der Waals surface area contributed by atoms with Crippen molar-refractivity contribution in [1.29, 1.82) is 0 Å². The van der Waals surface area contributed by atoms with Crippen LogP contribution in [0.3, 0.4) is 0 Å². The highest BCUT2D eigenvalue weighted by Gasteiger charge is 2.16. The fraction of sp³-hybridized carbons (Fsp3) is 0.263. The lowest BCUT2D eigenvalue weighted by Crippen LogP contribution is -2.27. The van der Waals surface area contributed by atoms with Gasteiger partial charge in [0.05, 0.1) is 0 Å². The van der Waals surface area contributed by atoms with Crippen molar-refractivity contribution in [1.82, 2.24) is 5.32 Å². The Morgan fingerprint density at radius 3 is 2.25 bits per heavy atom. The van der Waals surface area contributed by atoms with Gasteiger partial charge in [-0.05, 0) is 43.2 Å². The van der Waals surface area contributed by atoms with E-state index in [1.165, 1.54) is 0 Å². The number of benzene rings is 2. The predicted octanol–water partition coefficient (Wildman–Crippen LogP) is 2.77. The third-order valence-corrected chi connectivity index (χ3v) is 3.67. The largest absolute Gasteiger partial charge is 0.352 e. The van der Waals surface area contributed by atoms with Gasteiger partial charge in [0.15, 0.2) is 0 Å². The fourth-order valence-electron chi connectivity index (χ4n) is 2.19. The summed E-state index contributed by atoms with van der Waals surface area (Å²) >= 11 is 0. The van der Waals surface area contributed by atoms with E-state index < -0.39 is 6.04 Å². The van der Waals surface area contributed by atoms with Crippen LogP contribution in [0.15, 0.2) is 48.5 Å². The van der Waals surface area contributed by atoms with Crippen LogP contribution in [-0.4, -0.2) is 18.4 Å². The van der Waals surface area contributed by atoms with Gasteiger partial charge in [0.1, 0.15) is 6.04 Å². The van der Waals surface area contributed by atoms with Crippen LogP contribution < -0.4 is 16.4 Å². The maximum Gasteiger partial charge on any atom is 0.251 e. The normalized spacial score (nSPS) is 11.6. The van der Waals surface area contributed by atoms with Crippen LogP contribution in [0.5, 0.6) is 0 Å². The summed E-state index contributed by atoms with van der Waals surface area (Å²) in [6, 6.07) is 13.6. The lowest BCUT2D eigenvalue weighted by atomic mass is 10.1. The number of hydrogen-bond acceptors (Lipinski definition) is 3. The van der Waals surface area contributed by atoms with Crippen molar-refractivity contribution in [3.63, 3.8) is 0 Å². The maximum atomic E-state index is 12.2. The van der Waals surface area contributed by atoms with Gasteiger partial charge >= 0.3 is 0 Å². The van der Waals surface area contributed by atoms with Crippen LogP contribution in [0.25, 0.3) is 0 Å². The second kappa shape index (κ2) is 8.26. The van der Waals surface area contributed by atoms with Gasteiger partial charge in [0.25, 0.3) is 5.91 Å². The Hall–Kier alpha value is -2.66. The maximum absolute atomic E-state index is 12.2. The first kappa shape index (κ1) is 17.7. The number of nitrogens with two attached hydrogens (primary N) is 1. The molecule has 0 spiro atoms. The highest BCUT2D eigenvalue weighted by atomic mass is 16.2. The van der Waals surface area contributed by atoms with E-state index in [1.807, 2.05) is 38.1 Å². The van der Waals surface area contributed by atoms with Crippen LogP contribution in [-0.2, 0) is 4.79 Å². The number of aryl methyl sites for hydroxylation is 1. The number of carbonyl (C=O) groups excluding carboxylic acids is 2. The van der Waals surface area contributed by atoms with E-state index in [0.717, 1.165) is 17.5 Å². The molecule has 4 N–H and O–H groups in total. The molecule has 0 aromatic heterocycles. The Morgan fingerprint density at radius 1 is 1.04 bits per heavy atom. The monoisotopic (exact) mass is 325 g/mol. The fourth-order valence-corrected chi connectivity index (χ4v) is 2.19. The molecule has 2 amide bonds. The molecule has 0 fully saturated rings. The van der Waals surface area contributed by atoms with Crippen LogP contribution >= 0.6 is 0 Å². The molecule has 2 rings (SSSR count). The molecule has 0 saturated carbocycles. The van der Waals surface area contributed by atoms with Gasteiger partial charge in [0.2, 0.25) is 5.91 Å². The van der Waals surface area contributed by atoms with E-state index in [-0.39, 0.29) is 11.8 Å². The lowest BCUT2D eigenvalue weighted by Gasteiger charge is -2.13. The number of hydrogen-bond donors (Lipinski definition) is 3. The van der Waals surface area contributed by atoms with Crippen molar-refractivity contribution in [2.45, 2.75) is 26.3 Å². The van der Waals surface area contributed by atoms with E-state index in [4.69, 9.17) is 5.73 Å². The molecule has 1 unspecified atom stereocenters. The third-order valence-electron chi connectivity index (χ3n) is 3.67. The smallest absolute Gasteiger partial charge is 0.251 e. The average Bonchev–Trinajstić information content (AvgIpc) is 2.60. The number of anilines is 1. The van der Waals surface area contributed by atoms with Crippen LogP contribution in [0, 0.1) is 6.92 Å². The van der Waals surface area contributed by atoms with Crippen molar-refractivity contribution in [2.24, 2.45) is 5.73 Å². The molecule has 0 aliphatic carbocycles. The summed E-state index contributed by atoms with van der Waals surface area (Å²) in [5.74, 6) is -0.409. The van der Waals surface area contributed by atoms with Crippen LogP contribution in [0.1, 0.15) is 40.9 Å². The standard InChI is InChI=1S/C19H23N3O2/c1-3-12-21-18(23)15-8-10-16(11-9-15)22-19(24)17(20)14-6-4-13(2)5-7-14/h4-11,17H,3,12,20H2,1-2H3,(H,21,23)(H,22,24). The van der Waals surface area contributed by atoms with E-state index >= 15 is 0 Å². The Morgan fingerprint density at radius 2 is 1.67 bits per heavy atom. The molecule has 0 bridgehead atoms. The molecule has 5 heteroatoms. The zero-order chi connectivity index (χ0) is 17.5. The number of amides is 2. The summed E-state index contributed by atoms with van der Waals surface area (Å²) in [5.41, 5.74) is 9.03. The Balaban J connectivity index is 1.98. The van der Waals surface area contributed by atoms with E-state index in [1.54, 1.807) is 24.3 Å². The minimum absolute atomic E-state index is 0.119. The van der Waals surface area contributed by atoms with Gasteiger partial charge in [-0.15, -0.1) is 0 Å². The summed E-state index contributed by atoms with van der Waals surface area (Å²) in [6.45, 7) is 4.62. The van der Waals surface area contributed by atoms with Crippen molar-refractivity contribution in [3.05, 3.63) is 65.2 Å². The van der Waals surface area contributed by atoms with Gasteiger partial charge in [-0.1, -0.05) is 36.8 Å². The molecular formula is C19H23N3O2. The molecular weight excluding hydrogens is 302 g/mol. The SMILES string of the molecule is CCCNC(=O)c1ccc(NC(=O)C(N)c2ccc(C)cc2)cc1. The minimum atomic E-state index is -0.738. The predicted molar refractivity (Wildman–Crippen MR) is 95.8 cm³/mol. The van der Waals surface area contributed by atoms with Gasteiger partial charge in [-0.25, -0.2) is 0 Å². The number of nitrogens with one attached hydrogen (secondary N) is 2. The van der Waals surface area contributed by atoms with Gasteiger partial charge in [-0.2, -0.15) is 0 Å². The van der Waals surface area contributed by atoms with E-state index in [2.05, 4.69) is 10.6 Å². The van der Waals surface area contributed by atoms with Gasteiger partial charge in [0, 0.05) is 17.8 Å². The third kappa shape index (κ3) is 4.67. The molecule has 2 aromatic carbocycles. The highest BCUT2D eigenvalue weighted by Crippen LogP contribution is 2.15. The van der Waals surface area contributed by atoms with Crippen LogP contribution in [0.4, 0.5) is 5.69 Å². The molecule has 126 valence electrons. The Bertz CT molecular complexity index is 694. The van der Waals surface area contributed by atoms with E-state index in [0.29, 0.717) is 17.8 Å². The van der Waals surface area contributed by atoms with Gasteiger partial charge in [-0.3, -0.25) is 9.59 Å². The second-order valence-corrected chi connectivity index (χ2v) is 5.71. The molecule has 0 saturated heterocycles. The van der Waals surface area contributed by atoms with Crippen LogP contribution in [0.2, 0.25) is 0 Å². The molecule has 0 aliphatic rings. The minimum Gasteiger partial charge on any atom is -0.352 e. The first-order chi connectivity index (χ1) is 11.5. The summed E-state index contributed by atoms with van der Waals surface area (Å²) in [7, 11) is 0. The Kier molecular flexibility index (Phi) is 6.09. The molecule has 0 radical (unpaired) electrons. The van der Waals surface area contributed by atoms with Crippen molar-refractivity contribution in [3.8, 4) is 0 Å². The lowest BCUT2D eigenvalue weighted by molar-refractivity contribution is -0.117. The summed E-state index contributed by atoms with van der Waals surface area (Å²) in [5, 5.41) is 5.58. The average molecular weight is 325 g/mol. The quantitative estimate of drug-likeness (QED) is 0.763. The first-order valence-electron chi connectivity index (χ1n) is 8.02. The molecule has 0 aliphatic heterocycles. The second-order valence-electron chi connectivity index (χ2n) is 5.71. The summed E-state index contributed by atoms with van der Waals surface area (Å²) < 4.78 is 0. The Labute approximate surface area is 142 Å². The zero-order valence-corrected chi connectivity index (χ0v) is 14.0. The molecule has 1 atom stereocenters. The van der Waals surface area contributed by atoms with Crippen molar-refractivity contribution < 1.29 is 9.59 Å². The van der Waals surface area contributed by atoms with Crippen molar-refractivity contribution >= 4 is 17.5 Å². The topological polar surface area (TPSA) is 84.2 Å². The number of carbonyl (C=O) groups is 2. The summed E-state index contributed by atoms with van der Waals surface area (Å²) in [6.07, 6.45) is 0.886. The zero-order valence-electron chi connectivity index (χ0n) is 14.0. The molecule has 24 heavy (non-hydrogen) atoms. The van der Waals surface area contributed by atoms with Gasteiger partial charge < -0.3 is 16.4 Å². The number of rotatable bonds is 6. The molecule has 0 heterocycles. The highest BCUT2D eigenvalue weighted by molar-refractivity contribution is 5.97. The van der Waals surface area contributed by atoms with Crippen molar-refractivity contribution in [2.75, 3.05) is 11.9 Å².